The van der Waals surface area contributed by atoms with E-state index in [-0.39, 0.29) is 23.4 Å². The molecule has 1 saturated heterocycles. The van der Waals surface area contributed by atoms with Crippen LogP contribution in [0.15, 0.2) is 64.3 Å². The van der Waals surface area contributed by atoms with Crippen molar-refractivity contribution >= 4 is 5.69 Å². The van der Waals surface area contributed by atoms with Gasteiger partial charge >= 0.3 is 11.9 Å². The summed E-state index contributed by atoms with van der Waals surface area (Å²) in [6.45, 7) is 9.54. The highest BCUT2D eigenvalue weighted by Gasteiger charge is 2.31. The summed E-state index contributed by atoms with van der Waals surface area (Å²) >= 11 is 0. The van der Waals surface area contributed by atoms with E-state index in [9.17, 15) is 22.8 Å². The van der Waals surface area contributed by atoms with Gasteiger partial charge in [-0.25, -0.2) is 14.3 Å². The topological polar surface area (TPSA) is 84.6 Å². The van der Waals surface area contributed by atoms with E-state index < -0.39 is 29.3 Å². The summed E-state index contributed by atoms with van der Waals surface area (Å²) in [5.74, 6) is 0. The molecule has 0 unspecified atom stereocenters. The first kappa shape index (κ1) is 26.1. The number of rotatable bonds is 5. The molecule has 0 spiro atoms. The van der Waals surface area contributed by atoms with Gasteiger partial charge in [-0.1, -0.05) is 18.2 Å². The van der Waals surface area contributed by atoms with E-state index in [1.807, 2.05) is 0 Å². The minimum atomic E-state index is -4.62. The van der Waals surface area contributed by atoms with Gasteiger partial charge in [-0.15, -0.1) is 0 Å². The van der Waals surface area contributed by atoms with E-state index in [2.05, 4.69) is 9.94 Å². The average Bonchev–Trinajstić information content (AvgIpc) is 3.58. The average molecular weight is 537 g/mol. The molecule has 0 bridgehead atoms. The second-order valence-electron chi connectivity index (χ2n) is 8.92. The van der Waals surface area contributed by atoms with Crippen molar-refractivity contribution in [3.8, 4) is 22.6 Å². The lowest BCUT2D eigenvalue weighted by Crippen LogP contribution is -2.40. The van der Waals surface area contributed by atoms with Crippen LogP contribution in [0.25, 0.3) is 27.5 Å². The van der Waals surface area contributed by atoms with E-state index in [1.54, 1.807) is 30.5 Å². The minimum Gasteiger partial charge on any atom is -0.350 e. The first-order valence-corrected chi connectivity index (χ1v) is 11.9. The van der Waals surface area contributed by atoms with Crippen LogP contribution in [-0.2, 0) is 29.1 Å². The molecule has 2 aromatic carbocycles. The van der Waals surface area contributed by atoms with Crippen LogP contribution in [0.4, 0.5) is 18.9 Å². The Morgan fingerprint density at radius 2 is 1.77 bits per heavy atom. The fourth-order valence-electron chi connectivity index (χ4n) is 4.58. The summed E-state index contributed by atoms with van der Waals surface area (Å²) in [5.41, 5.74) is -0.337. The van der Waals surface area contributed by atoms with E-state index in [0.29, 0.717) is 35.8 Å². The quantitative estimate of drug-likeness (QED) is 0.357. The molecule has 0 radical (unpaired) electrons. The molecule has 0 amide bonds. The first-order chi connectivity index (χ1) is 18.6. The zero-order valence-corrected chi connectivity index (χ0v) is 20.9. The minimum absolute atomic E-state index is 0.0411. The molecule has 0 saturated carbocycles. The maximum absolute atomic E-state index is 13.6. The highest BCUT2D eigenvalue weighted by atomic mass is 19.4. The second-order valence-corrected chi connectivity index (χ2v) is 8.92. The Morgan fingerprint density at radius 1 is 1.08 bits per heavy atom. The molecule has 0 atom stereocenters. The van der Waals surface area contributed by atoms with Gasteiger partial charge in [0.2, 0.25) is 0 Å². The molecule has 1 aliphatic rings. The monoisotopic (exact) mass is 537 g/mol. The van der Waals surface area contributed by atoms with Crippen molar-refractivity contribution < 1.29 is 22.6 Å². The van der Waals surface area contributed by atoms with Crippen LogP contribution < -0.4 is 11.2 Å². The largest absolute Gasteiger partial charge is 0.416 e. The fourth-order valence-corrected chi connectivity index (χ4v) is 4.58. The molecule has 1 aliphatic heterocycles. The van der Waals surface area contributed by atoms with E-state index in [1.165, 1.54) is 30.8 Å². The smallest absolute Gasteiger partial charge is 0.350 e. The van der Waals surface area contributed by atoms with E-state index in [0.717, 1.165) is 21.3 Å². The molecule has 2 aromatic heterocycles. The lowest BCUT2D eigenvalue weighted by Gasteiger charge is -2.19. The molecule has 3 heterocycles. The molecule has 1 fully saturated rings. The molecular formula is C27H22F3N5O4. The third kappa shape index (κ3) is 4.78. The van der Waals surface area contributed by atoms with Crippen molar-refractivity contribution in [3.05, 3.63) is 104 Å². The number of benzene rings is 2. The van der Waals surface area contributed by atoms with Gasteiger partial charge in [0.1, 0.15) is 0 Å². The number of nitrogens with zero attached hydrogens (tertiary/aromatic N) is 5. The predicted octanol–water partition coefficient (Wildman–Crippen LogP) is 4.18. The van der Waals surface area contributed by atoms with Crippen LogP contribution in [0.2, 0.25) is 0 Å². The van der Waals surface area contributed by atoms with Crippen molar-refractivity contribution in [2.75, 3.05) is 13.2 Å². The molecule has 4 aromatic rings. The Balaban J connectivity index is 1.78. The number of halogens is 3. The normalized spacial score (nSPS) is 14.1. The Bertz CT molecular complexity index is 1710. The summed E-state index contributed by atoms with van der Waals surface area (Å²) in [4.78, 5) is 30.2. The van der Waals surface area contributed by atoms with Crippen LogP contribution in [-0.4, -0.2) is 38.4 Å². The van der Waals surface area contributed by atoms with Gasteiger partial charge in [0.15, 0.2) is 12.0 Å². The molecule has 0 aliphatic carbocycles. The second kappa shape index (κ2) is 10.0. The Kier molecular flexibility index (Phi) is 6.71. The van der Waals surface area contributed by atoms with Gasteiger partial charge in [-0.2, -0.15) is 18.3 Å². The molecular weight excluding hydrogens is 515 g/mol. The van der Waals surface area contributed by atoms with Gasteiger partial charge in [0.05, 0.1) is 54.2 Å². The van der Waals surface area contributed by atoms with E-state index >= 15 is 0 Å². The van der Waals surface area contributed by atoms with Crippen LogP contribution >= 0.6 is 0 Å². The van der Waals surface area contributed by atoms with Crippen LogP contribution in [0.1, 0.15) is 16.8 Å². The fraction of sp³-hybridized carbons (Fsp3) is 0.259. The zero-order chi connectivity index (χ0) is 27.9. The summed E-state index contributed by atoms with van der Waals surface area (Å²) in [6, 6.07) is 10.9. The van der Waals surface area contributed by atoms with Crippen molar-refractivity contribution in [2.45, 2.75) is 25.8 Å². The number of hydrogen-bond donors (Lipinski definition) is 0. The SMILES string of the molecule is [C-]#[N+]c1ccc(-n2ncc(CC3OCCO3)c2-c2c(C)n(-c3cccc(C(F)(F)F)c3)c(=O)n(C)c2=O)cc1. The number of hydrogen-bond acceptors (Lipinski definition) is 5. The molecule has 12 heteroatoms. The summed E-state index contributed by atoms with van der Waals surface area (Å²) in [5, 5.41) is 4.49. The Hall–Kier alpha value is -4.47. The summed E-state index contributed by atoms with van der Waals surface area (Å²) in [7, 11) is 1.27. The standard InChI is InChI=1S/C27H22F3N5O4/c1-16-23(25(36)33(3)26(37)34(16)21-6-4-5-18(14-21)27(28,29)30)24-17(13-22-38-11-12-39-22)15-32-35(24)20-9-7-19(31-2)8-10-20/h4-10,14-15,22H,11-13H2,1,3H3. The van der Waals surface area contributed by atoms with Crippen molar-refractivity contribution in [2.24, 2.45) is 7.05 Å². The van der Waals surface area contributed by atoms with E-state index in [4.69, 9.17) is 16.0 Å². The van der Waals surface area contributed by atoms with Crippen molar-refractivity contribution in [3.63, 3.8) is 0 Å². The number of alkyl halides is 3. The van der Waals surface area contributed by atoms with Crippen LogP contribution in [0.3, 0.4) is 0 Å². The van der Waals surface area contributed by atoms with Gasteiger partial charge in [-0.05, 0) is 37.3 Å². The molecule has 200 valence electrons. The number of aromatic nitrogens is 4. The third-order valence-corrected chi connectivity index (χ3v) is 6.51. The van der Waals surface area contributed by atoms with Crippen LogP contribution in [0, 0.1) is 13.5 Å². The summed E-state index contributed by atoms with van der Waals surface area (Å²) < 4.78 is 55.1. The van der Waals surface area contributed by atoms with Gasteiger partial charge in [-0.3, -0.25) is 13.9 Å². The molecule has 9 nitrogen and oxygen atoms in total. The Morgan fingerprint density at radius 3 is 2.41 bits per heavy atom. The highest BCUT2D eigenvalue weighted by molar-refractivity contribution is 5.68. The molecule has 5 rings (SSSR count). The summed E-state index contributed by atoms with van der Waals surface area (Å²) in [6.07, 6.45) is -3.41. The lowest BCUT2D eigenvalue weighted by molar-refractivity contribution is -0.137. The molecule has 0 N–H and O–H groups in total. The third-order valence-electron chi connectivity index (χ3n) is 6.51. The first-order valence-electron chi connectivity index (χ1n) is 11.9. The predicted molar refractivity (Wildman–Crippen MR) is 135 cm³/mol. The van der Waals surface area contributed by atoms with Crippen molar-refractivity contribution in [1.29, 1.82) is 0 Å². The van der Waals surface area contributed by atoms with Crippen LogP contribution in [0.5, 0.6) is 0 Å². The Labute approximate surface area is 220 Å². The maximum Gasteiger partial charge on any atom is 0.416 e. The zero-order valence-electron chi connectivity index (χ0n) is 20.9. The van der Waals surface area contributed by atoms with Gasteiger partial charge in [0, 0.05) is 24.7 Å². The number of ether oxygens (including phenoxy) is 2. The van der Waals surface area contributed by atoms with Gasteiger partial charge in [0.25, 0.3) is 5.56 Å². The van der Waals surface area contributed by atoms with Crippen molar-refractivity contribution in [1.82, 2.24) is 18.9 Å². The maximum atomic E-state index is 13.6. The van der Waals surface area contributed by atoms with Gasteiger partial charge < -0.3 is 9.47 Å². The lowest BCUT2D eigenvalue weighted by atomic mass is 10.0. The molecule has 39 heavy (non-hydrogen) atoms. The highest BCUT2D eigenvalue weighted by Crippen LogP contribution is 2.32.